The number of fused-ring (bicyclic) bond motifs is 10. The molecule has 408 valence electrons. The van der Waals surface area contributed by atoms with Crippen molar-refractivity contribution in [1.82, 2.24) is 10.6 Å². The Morgan fingerprint density at radius 1 is 0.634 bits per heavy atom. The molecule has 0 radical (unpaired) electrons. The van der Waals surface area contributed by atoms with Gasteiger partial charge in [0.2, 0.25) is 0 Å². The molecule has 6 fully saturated rings. The standard InChI is InChI=1S/2C27H43NO6.CH4.2H2S/c2*1-6-28-21(16(2)29)15-34-24(32)27(33-5)12-10-20-19-8-7-17-13-18(30)9-11-25(17,3)23(19)22(31)14-26(20,27)4;;;/h2*13,16,19-23,28-29,31H,6-12,14-15H2,1-5H3;1H4;2*1H2/t2*16?,19?,20?,21?,22?,23?,25?,26?,27-;;;/m11.../s1. The minimum atomic E-state index is -1.11. The van der Waals surface area contributed by atoms with Crippen LogP contribution in [0.2, 0.25) is 0 Å². The molecule has 0 heterocycles. The van der Waals surface area contributed by atoms with E-state index in [1.165, 1.54) is 11.1 Å². The summed E-state index contributed by atoms with van der Waals surface area (Å²) in [7, 11) is 3.17. The Hall–Kier alpha value is -1.86. The second kappa shape index (κ2) is 23.6. The number of carbonyl (C=O) groups is 4. The SMILES string of the molecule is C.CCNC(COC(=O)[C@]1(OC)CCC2C3CCC4=CC(=O)CCC4(C)C3C(O)CC21C)C(C)O.CCNC(COC(=O)[C@]1(OC)CCC2C3CCC4=CC(=O)CCC4(C)C3C(O)CC21C)C(C)O.S.S. The van der Waals surface area contributed by atoms with E-state index >= 15 is 0 Å². The molecule has 0 aromatic heterocycles. The number of likely N-dealkylation sites (N-methyl/N-ethyl adjacent to an activating group) is 2. The fraction of sp³-hybridized carbons (Fsp3) is 0.855. The smallest absolute Gasteiger partial charge is 0.339 e. The van der Waals surface area contributed by atoms with Gasteiger partial charge in [0.1, 0.15) is 13.2 Å². The predicted molar refractivity (Wildman–Crippen MR) is 283 cm³/mol. The summed E-state index contributed by atoms with van der Waals surface area (Å²) in [6.45, 7) is 17.4. The van der Waals surface area contributed by atoms with E-state index < -0.39 is 46.4 Å². The summed E-state index contributed by atoms with van der Waals surface area (Å²) in [6, 6.07) is -0.682. The number of allylic oxidation sites excluding steroid dienone is 2. The molecule has 18 atom stereocenters. The Bertz CT molecular complexity index is 1830. The van der Waals surface area contributed by atoms with Crippen molar-refractivity contribution >= 4 is 50.5 Å². The molecule has 0 bridgehead atoms. The van der Waals surface area contributed by atoms with Crippen LogP contribution in [0.5, 0.6) is 0 Å². The Balaban J connectivity index is 0.000000296. The van der Waals surface area contributed by atoms with Gasteiger partial charge in [0.25, 0.3) is 0 Å². The van der Waals surface area contributed by atoms with Crippen LogP contribution in [0.1, 0.15) is 153 Å². The van der Waals surface area contributed by atoms with Gasteiger partial charge in [0.15, 0.2) is 22.8 Å². The number of rotatable bonds is 14. The van der Waals surface area contributed by atoms with Crippen LogP contribution in [0.4, 0.5) is 0 Å². The number of aliphatic hydroxyl groups excluding tert-OH is 4. The molecule has 8 aliphatic rings. The van der Waals surface area contributed by atoms with Crippen molar-refractivity contribution in [2.24, 2.45) is 57.2 Å². The monoisotopic (exact) mass is 1040 g/mol. The van der Waals surface area contributed by atoms with E-state index in [0.29, 0.717) is 51.6 Å². The van der Waals surface area contributed by atoms with E-state index in [2.05, 4.69) is 38.3 Å². The lowest BCUT2D eigenvalue weighted by atomic mass is 9.45. The minimum absolute atomic E-state index is 0. The number of ketones is 2. The average molecular weight is 1040 g/mol. The summed E-state index contributed by atoms with van der Waals surface area (Å²) in [5.74, 6) is 0.858. The molecule has 8 rings (SSSR count). The third kappa shape index (κ3) is 10.3. The van der Waals surface area contributed by atoms with Gasteiger partial charge in [-0.15, -0.1) is 0 Å². The van der Waals surface area contributed by atoms with Crippen molar-refractivity contribution in [3.05, 3.63) is 23.3 Å². The van der Waals surface area contributed by atoms with Crippen LogP contribution in [0.3, 0.4) is 0 Å². The third-order valence-corrected chi connectivity index (χ3v) is 20.3. The average Bonchev–Trinajstić information content (AvgIpc) is 3.77. The van der Waals surface area contributed by atoms with E-state index in [1.807, 2.05) is 26.0 Å². The first-order valence-corrected chi connectivity index (χ1v) is 26.2. The van der Waals surface area contributed by atoms with Gasteiger partial charge in [-0.2, -0.15) is 27.0 Å². The summed E-state index contributed by atoms with van der Waals surface area (Å²) in [4.78, 5) is 51.4. The van der Waals surface area contributed by atoms with E-state index in [-0.39, 0.29) is 130 Å². The minimum Gasteiger partial charge on any atom is -0.462 e. The molecule has 14 nitrogen and oxygen atoms in total. The number of aliphatic hydroxyl groups is 4. The predicted octanol–water partition coefficient (Wildman–Crippen LogP) is 6.41. The second-order valence-electron chi connectivity index (χ2n) is 23.3. The number of hydrogen-bond acceptors (Lipinski definition) is 14. The van der Waals surface area contributed by atoms with Crippen LogP contribution in [-0.2, 0) is 38.1 Å². The van der Waals surface area contributed by atoms with Crippen LogP contribution < -0.4 is 10.6 Å². The normalized spacial score (nSPS) is 41.4. The van der Waals surface area contributed by atoms with Crippen LogP contribution in [0, 0.1) is 57.2 Å². The lowest BCUT2D eigenvalue weighted by Gasteiger charge is -2.60. The number of hydrogen-bond donors (Lipinski definition) is 6. The van der Waals surface area contributed by atoms with Gasteiger partial charge in [0, 0.05) is 37.9 Å². The molecule has 0 amide bonds. The van der Waals surface area contributed by atoms with Gasteiger partial charge < -0.3 is 50.0 Å². The summed E-state index contributed by atoms with van der Waals surface area (Å²) in [5.41, 5.74) is -1.22. The summed E-state index contributed by atoms with van der Waals surface area (Å²) < 4.78 is 23.6. The highest BCUT2D eigenvalue weighted by atomic mass is 32.1. The lowest BCUT2D eigenvalue weighted by molar-refractivity contribution is -0.207. The molecule has 16 unspecified atom stereocenters. The van der Waals surface area contributed by atoms with E-state index in [9.17, 15) is 39.6 Å². The van der Waals surface area contributed by atoms with E-state index in [0.717, 1.165) is 51.4 Å². The Morgan fingerprint density at radius 2 is 0.986 bits per heavy atom. The van der Waals surface area contributed by atoms with Crippen LogP contribution in [0.15, 0.2) is 23.3 Å². The Labute approximate surface area is 439 Å². The second-order valence-corrected chi connectivity index (χ2v) is 23.3. The van der Waals surface area contributed by atoms with E-state index in [4.69, 9.17) is 18.9 Å². The maximum Gasteiger partial charge on any atom is 0.339 e. The summed E-state index contributed by atoms with van der Waals surface area (Å²) in [5, 5.41) is 49.6. The Morgan fingerprint density at radius 3 is 1.30 bits per heavy atom. The Kier molecular flexibility index (Phi) is 20.5. The number of nitrogens with one attached hydrogen (secondary N) is 2. The highest BCUT2D eigenvalue weighted by Gasteiger charge is 2.72. The van der Waals surface area contributed by atoms with Crippen molar-refractivity contribution in [3.8, 4) is 0 Å². The molecule has 16 heteroatoms. The fourth-order valence-corrected chi connectivity index (χ4v) is 16.7. The molecule has 6 N–H and O–H groups in total. The third-order valence-electron chi connectivity index (χ3n) is 20.3. The van der Waals surface area contributed by atoms with Gasteiger partial charge in [-0.1, -0.05) is 60.1 Å². The van der Waals surface area contributed by atoms with Gasteiger partial charge >= 0.3 is 11.9 Å². The van der Waals surface area contributed by atoms with E-state index in [1.54, 1.807) is 28.1 Å². The van der Waals surface area contributed by atoms with Crippen molar-refractivity contribution in [2.75, 3.05) is 40.5 Å². The molecule has 6 saturated carbocycles. The first-order valence-electron chi connectivity index (χ1n) is 26.2. The lowest BCUT2D eigenvalue weighted by Crippen LogP contribution is -2.62. The molecule has 8 aliphatic carbocycles. The molecule has 0 aromatic rings. The highest BCUT2D eigenvalue weighted by molar-refractivity contribution is 7.59. The maximum absolute atomic E-state index is 13.6. The summed E-state index contributed by atoms with van der Waals surface area (Å²) in [6.07, 6.45) is 11.3. The number of methoxy groups -OCH3 is 2. The molecule has 0 aliphatic heterocycles. The fourth-order valence-electron chi connectivity index (χ4n) is 16.7. The first-order chi connectivity index (χ1) is 32.1. The van der Waals surface area contributed by atoms with Crippen LogP contribution >= 0.6 is 27.0 Å². The zero-order valence-corrected chi connectivity index (χ0v) is 45.9. The van der Waals surface area contributed by atoms with Gasteiger partial charge in [-0.25, -0.2) is 9.59 Å². The number of carbonyl (C=O) groups excluding carboxylic acids is 4. The van der Waals surface area contributed by atoms with Crippen molar-refractivity contribution in [1.29, 1.82) is 0 Å². The van der Waals surface area contributed by atoms with Crippen molar-refractivity contribution in [2.45, 2.75) is 200 Å². The van der Waals surface area contributed by atoms with Crippen LogP contribution in [0.25, 0.3) is 0 Å². The van der Waals surface area contributed by atoms with Gasteiger partial charge in [-0.05, 0) is 162 Å². The zero-order valence-electron chi connectivity index (χ0n) is 43.9. The molecular formula is C55H94N2O12S2. The molecule has 0 spiro atoms. The highest BCUT2D eigenvalue weighted by Crippen LogP contribution is 2.70. The summed E-state index contributed by atoms with van der Waals surface area (Å²) >= 11 is 0. The quantitative estimate of drug-likeness (QED) is 0.104. The maximum atomic E-state index is 13.6. The molecule has 71 heavy (non-hydrogen) atoms. The molecule has 0 saturated heterocycles. The van der Waals surface area contributed by atoms with Gasteiger partial charge in [-0.3, -0.25) is 9.59 Å². The van der Waals surface area contributed by atoms with Crippen molar-refractivity contribution < 1.29 is 58.6 Å². The largest absolute Gasteiger partial charge is 0.462 e. The first kappa shape index (κ1) is 61.7. The molecular weight excluding hydrogens is 945 g/mol. The van der Waals surface area contributed by atoms with Gasteiger partial charge in [0.05, 0.1) is 36.5 Å². The van der Waals surface area contributed by atoms with Crippen molar-refractivity contribution in [3.63, 3.8) is 0 Å². The number of ether oxygens (including phenoxy) is 4. The number of esters is 2. The topological polar surface area (TPSA) is 210 Å². The zero-order chi connectivity index (χ0) is 49.8. The molecule has 0 aromatic carbocycles. The van der Waals surface area contributed by atoms with Crippen LogP contribution in [-0.4, -0.2) is 132 Å².